The van der Waals surface area contributed by atoms with E-state index in [0.717, 1.165) is 16.7 Å². The summed E-state index contributed by atoms with van der Waals surface area (Å²) in [5.41, 5.74) is -0.937. The van der Waals surface area contributed by atoms with Gasteiger partial charge in [0.15, 0.2) is 11.7 Å². The molecule has 0 amide bonds. The van der Waals surface area contributed by atoms with Crippen LogP contribution in [0.3, 0.4) is 0 Å². The lowest BCUT2D eigenvalue weighted by molar-refractivity contribution is -0.140. The minimum Gasteiger partial charge on any atom is -0.355 e. The molecule has 0 aliphatic heterocycles. The Morgan fingerprint density at radius 1 is 1.32 bits per heavy atom. The molecule has 1 aromatic rings. The van der Waals surface area contributed by atoms with Gasteiger partial charge in [0, 0.05) is 24.5 Å². The first-order valence-corrected chi connectivity index (χ1v) is 7.58. The van der Waals surface area contributed by atoms with Crippen LogP contribution in [0.5, 0.6) is 0 Å². The first-order chi connectivity index (χ1) is 10.1. The zero-order valence-electron chi connectivity index (χ0n) is 13.4. The Morgan fingerprint density at radius 3 is 2.41 bits per heavy atom. The molecule has 0 fully saturated rings. The van der Waals surface area contributed by atoms with Crippen molar-refractivity contribution in [3.05, 3.63) is 16.1 Å². The number of nitrogens with one attached hydrogen (secondary N) is 2. The topological polar surface area (TPSA) is 52.6 Å². The Morgan fingerprint density at radius 2 is 1.95 bits per heavy atom. The van der Waals surface area contributed by atoms with Crippen LogP contribution in [0.15, 0.2) is 10.4 Å². The van der Waals surface area contributed by atoms with Gasteiger partial charge in [-0.3, -0.25) is 4.99 Å². The number of aliphatic imine (C=N–C) groups is 1. The Labute approximate surface area is 132 Å². The van der Waals surface area contributed by atoms with Crippen molar-refractivity contribution in [2.75, 3.05) is 27.7 Å². The maximum atomic E-state index is 12.5. The lowest BCUT2D eigenvalue weighted by atomic mass is 10.0. The molecule has 0 radical (unpaired) electrons. The molecule has 0 atom stereocenters. The maximum Gasteiger partial charge on any atom is 0.434 e. The van der Waals surface area contributed by atoms with Gasteiger partial charge in [0.1, 0.15) is 5.01 Å². The van der Waals surface area contributed by atoms with Crippen molar-refractivity contribution in [2.24, 2.45) is 4.99 Å². The van der Waals surface area contributed by atoms with Gasteiger partial charge in [-0.2, -0.15) is 13.2 Å². The van der Waals surface area contributed by atoms with E-state index in [-0.39, 0.29) is 12.1 Å². The molecule has 9 heteroatoms. The summed E-state index contributed by atoms with van der Waals surface area (Å²) in [6.45, 7) is 4.99. The molecule has 0 saturated carbocycles. The van der Waals surface area contributed by atoms with Crippen LogP contribution < -0.4 is 10.6 Å². The highest BCUT2D eigenvalue weighted by molar-refractivity contribution is 7.09. The number of nitrogens with zero attached hydrogens (tertiary/aromatic N) is 3. The van der Waals surface area contributed by atoms with Gasteiger partial charge < -0.3 is 15.5 Å². The molecule has 1 aromatic heterocycles. The predicted octanol–water partition coefficient (Wildman–Crippen LogP) is 2.17. The average Bonchev–Trinajstić information content (AvgIpc) is 2.87. The summed E-state index contributed by atoms with van der Waals surface area (Å²) in [4.78, 5) is 9.69. The van der Waals surface area contributed by atoms with Crippen LogP contribution in [0.1, 0.15) is 24.5 Å². The van der Waals surface area contributed by atoms with Gasteiger partial charge in [-0.25, -0.2) is 4.98 Å². The lowest BCUT2D eigenvalue weighted by Crippen LogP contribution is -2.50. The Balaban J connectivity index is 2.53. The van der Waals surface area contributed by atoms with E-state index in [0.29, 0.717) is 17.5 Å². The highest BCUT2D eigenvalue weighted by atomic mass is 32.1. The number of halogens is 3. The standard InChI is InChI=1S/C13H22F3N5S/c1-12(2,21(4)5)8-19-11(17-3)18-6-10-20-9(7-22-10)13(14,15)16/h7H,6,8H2,1-5H3,(H2,17,18,19). The lowest BCUT2D eigenvalue weighted by Gasteiger charge is -2.33. The largest absolute Gasteiger partial charge is 0.434 e. The molecule has 1 rings (SSSR count). The molecule has 22 heavy (non-hydrogen) atoms. The van der Waals surface area contributed by atoms with Crippen molar-refractivity contribution >= 4 is 17.3 Å². The molecule has 1 heterocycles. The fourth-order valence-corrected chi connectivity index (χ4v) is 2.10. The van der Waals surface area contributed by atoms with Gasteiger partial charge >= 0.3 is 6.18 Å². The summed E-state index contributed by atoms with van der Waals surface area (Å²) in [6, 6.07) is 0. The van der Waals surface area contributed by atoms with Crippen LogP contribution in [0, 0.1) is 0 Å². The molecule has 0 unspecified atom stereocenters. The van der Waals surface area contributed by atoms with Crippen molar-refractivity contribution < 1.29 is 13.2 Å². The zero-order chi connectivity index (χ0) is 17.0. The van der Waals surface area contributed by atoms with Crippen molar-refractivity contribution in [3.8, 4) is 0 Å². The number of rotatable bonds is 5. The second-order valence-electron chi connectivity index (χ2n) is 5.61. The minimum absolute atomic E-state index is 0.0811. The van der Waals surface area contributed by atoms with Crippen LogP contribution in [-0.2, 0) is 12.7 Å². The fourth-order valence-electron chi connectivity index (χ4n) is 1.36. The summed E-state index contributed by atoms with van der Waals surface area (Å²) in [5.74, 6) is 0.527. The summed E-state index contributed by atoms with van der Waals surface area (Å²) in [7, 11) is 5.57. The third kappa shape index (κ3) is 5.45. The number of alkyl halides is 3. The molecule has 126 valence electrons. The highest BCUT2D eigenvalue weighted by Crippen LogP contribution is 2.29. The third-order valence-corrected chi connectivity index (χ3v) is 4.22. The summed E-state index contributed by atoms with van der Waals surface area (Å²) >= 11 is 0.973. The van der Waals surface area contributed by atoms with Crippen LogP contribution in [-0.4, -0.2) is 49.1 Å². The zero-order valence-corrected chi connectivity index (χ0v) is 14.2. The van der Waals surface area contributed by atoms with Crippen molar-refractivity contribution in [1.82, 2.24) is 20.5 Å². The van der Waals surface area contributed by atoms with Crippen molar-refractivity contribution in [1.29, 1.82) is 0 Å². The van der Waals surface area contributed by atoms with Gasteiger partial charge in [0.2, 0.25) is 0 Å². The van der Waals surface area contributed by atoms with Crippen molar-refractivity contribution in [3.63, 3.8) is 0 Å². The van der Waals surface area contributed by atoms with Gasteiger partial charge in [0.25, 0.3) is 0 Å². The quantitative estimate of drug-likeness (QED) is 0.639. The third-order valence-electron chi connectivity index (χ3n) is 3.37. The van der Waals surface area contributed by atoms with E-state index in [9.17, 15) is 13.2 Å². The van der Waals surface area contributed by atoms with Gasteiger partial charge in [-0.1, -0.05) is 0 Å². The van der Waals surface area contributed by atoms with Crippen molar-refractivity contribution in [2.45, 2.75) is 32.1 Å². The molecule has 0 bridgehead atoms. The second kappa shape index (κ2) is 7.28. The molecular formula is C13H22F3N5S. The first-order valence-electron chi connectivity index (χ1n) is 6.70. The van der Waals surface area contributed by atoms with E-state index in [4.69, 9.17) is 0 Å². The Kier molecular flexibility index (Phi) is 6.18. The van der Waals surface area contributed by atoms with Crippen LogP contribution in [0.25, 0.3) is 0 Å². The number of guanidine groups is 1. The minimum atomic E-state index is -4.40. The maximum absolute atomic E-state index is 12.5. The summed E-state index contributed by atoms with van der Waals surface area (Å²) in [5, 5.41) is 7.49. The molecule has 0 aromatic carbocycles. The summed E-state index contributed by atoms with van der Waals surface area (Å²) < 4.78 is 37.4. The molecule has 0 spiro atoms. The van der Waals surface area contributed by atoms with Crippen LogP contribution in [0.4, 0.5) is 13.2 Å². The second-order valence-corrected chi connectivity index (χ2v) is 6.55. The van der Waals surface area contributed by atoms with Crippen LogP contribution in [0.2, 0.25) is 0 Å². The molecule has 2 N–H and O–H groups in total. The first kappa shape index (κ1) is 18.7. The van der Waals surface area contributed by atoms with E-state index in [1.54, 1.807) is 7.05 Å². The van der Waals surface area contributed by atoms with Gasteiger partial charge in [0.05, 0.1) is 6.54 Å². The molecular weight excluding hydrogens is 315 g/mol. The van der Waals surface area contributed by atoms with Gasteiger partial charge in [-0.05, 0) is 27.9 Å². The number of likely N-dealkylation sites (N-methyl/N-ethyl adjacent to an activating group) is 1. The Bertz CT molecular complexity index is 508. The molecule has 5 nitrogen and oxygen atoms in total. The normalized spacial score (nSPS) is 13.6. The number of hydrogen-bond acceptors (Lipinski definition) is 4. The average molecular weight is 337 g/mol. The van der Waals surface area contributed by atoms with E-state index in [2.05, 4.69) is 39.4 Å². The number of thiazole rings is 1. The number of hydrogen-bond donors (Lipinski definition) is 2. The SMILES string of the molecule is CN=C(NCc1nc(C(F)(F)F)cs1)NCC(C)(C)N(C)C. The molecule has 0 aliphatic rings. The Hall–Kier alpha value is -1.35. The van der Waals surface area contributed by atoms with E-state index in [1.807, 2.05) is 14.1 Å². The number of aromatic nitrogens is 1. The van der Waals surface area contributed by atoms with Crippen LogP contribution >= 0.6 is 11.3 Å². The van der Waals surface area contributed by atoms with E-state index >= 15 is 0 Å². The van der Waals surface area contributed by atoms with E-state index < -0.39 is 11.9 Å². The van der Waals surface area contributed by atoms with Gasteiger partial charge in [-0.15, -0.1) is 11.3 Å². The fraction of sp³-hybridized carbons (Fsp3) is 0.692. The smallest absolute Gasteiger partial charge is 0.355 e. The highest BCUT2D eigenvalue weighted by Gasteiger charge is 2.33. The van der Waals surface area contributed by atoms with E-state index in [1.165, 1.54) is 0 Å². The monoisotopic (exact) mass is 337 g/mol. The predicted molar refractivity (Wildman–Crippen MR) is 83.1 cm³/mol. The molecule has 0 aliphatic carbocycles. The molecule has 0 saturated heterocycles. The summed E-state index contributed by atoms with van der Waals surface area (Å²) in [6.07, 6.45) is -4.40.